The molecule has 2 rings (SSSR count). The van der Waals surface area contributed by atoms with Crippen LogP contribution < -0.4 is 10.5 Å². The van der Waals surface area contributed by atoms with Crippen molar-refractivity contribution in [1.82, 2.24) is 4.98 Å². The summed E-state index contributed by atoms with van der Waals surface area (Å²) >= 11 is 6.02. The van der Waals surface area contributed by atoms with E-state index in [1.165, 1.54) is 17.0 Å². The molecule has 1 aromatic heterocycles. The Morgan fingerprint density at radius 1 is 1.17 bits per heavy atom. The molecule has 0 radical (unpaired) electrons. The summed E-state index contributed by atoms with van der Waals surface area (Å²) in [7, 11) is 1.61. The van der Waals surface area contributed by atoms with Crippen LogP contribution >= 0.6 is 11.6 Å². The topological polar surface area (TPSA) is 53.2 Å². The molecule has 1 aromatic carbocycles. The summed E-state index contributed by atoms with van der Waals surface area (Å²) in [6.45, 7) is 0. The molecule has 0 bridgehead atoms. The molecule has 0 unspecified atom stereocenters. The van der Waals surface area contributed by atoms with Gasteiger partial charge < -0.3 is 9.88 Å². The SMILES string of the molecule is CN(C(=O)c1cccc(=O)[nH]1)c1ccccc1Cl. The standard InChI is InChI=1S/C13H11ClN2O2/c1-16(11-7-3-2-5-9(11)14)13(18)10-6-4-8-12(17)15-10/h2-8H,1H3,(H,15,17). The first-order chi connectivity index (χ1) is 8.59. The number of rotatable bonds is 2. The number of H-pyrrole nitrogens is 1. The average molecular weight is 263 g/mol. The van der Waals surface area contributed by atoms with Gasteiger partial charge >= 0.3 is 0 Å². The normalized spacial score (nSPS) is 10.1. The summed E-state index contributed by atoms with van der Waals surface area (Å²) in [6.07, 6.45) is 0. The molecule has 4 nitrogen and oxygen atoms in total. The molecule has 0 fully saturated rings. The van der Waals surface area contributed by atoms with Gasteiger partial charge in [-0.15, -0.1) is 0 Å². The molecule has 0 saturated carbocycles. The molecule has 2 aromatic rings. The number of para-hydroxylation sites is 1. The zero-order valence-electron chi connectivity index (χ0n) is 9.68. The molecule has 0 aliphatic carbocycles. The van der Waals surface area contributed by atoms with E-state index in [4.69, 9.17) is 11.6 Å². The zero-order valence-corrected chi connectivity index (χ0v) is 10.4. The smallest absolute Gasteiger partial charge is 0.274 e. The van der Waals surface area contributed by atoms with Gasteiger partial charge in [0.1, 0.15) is 5.69 Å². The molecule has 1 N–H and O–H groups in total. The second kappa shape index (κ2) is 5.06. The maximum Gasteiger partial charge on any atom is 0.274 e. The van der Waals surface area contributed by atoms with Crippen molar-refractivity contribution in [3.63, 3.8) is 0 Å². The third kappa shape index (κ3) is 2.43. The molecule has 0 saturated heterocycles. The van der Waals surface area contributed by atoms with Gasteiger partial charge in [-0.05, 0) is 18.2 Å². The van der Waals surface area contributed by atoms with Gasteiger partial charge in [0.25, 0.3) is 5.91 Å². The van der Waals surface area contributed by atoms with Crippen molar-refractivity contribution in [2.75, 3.05) is 11.9 Å². The molecule has 18 heavy (non-hydrogen) atoms. The molecule has 0 atom stereocenters. The summed E-state index contributed by atoms with van der Waals surface area (Å²) < 4.78 is 0. The van der Waals surface area contributed by atoms with Crippen LogP contribution in [0, 0.1) is 0 Å². The summed E-state index contributed by atoms with van der Waals surface area (Å²) in [6, 6.07) is 11.5. The minimum Gasteiger partial charge on any atom is -0.318 e. The predicted molar refractivity (Wildman–Crippen MR) is 71.2 cm³/mol. The van der Waals surface area contributed by atoms with Crippen LogP contribution in [0.25, 0.3) is 0 Å². The summed E-state index contributed by atoms with van der Waals surface area (Å²) in [4.78, 5) is 27.2. The fourth-order valence-corrected chi connectivity index (χ4v) is 1.85. The molecular formula is C13H11ClN2O2. The van der Waals surface area contributed by atoms with Crippen molar-refractivity contribution in [2.45, 2.75) is 0 Å². The number of nitrogens with one attached hydrogen (secondary N) is 1. The van der Waals surface area contributed by atoms with Crippen LogP contribution in [-0.4, -0.2) is 17.9 Å². The maximum absolute atomic E-state index is 12.1. The number of carbonyl (C=O) groups excluding carboxylic acids is 1. The number of carbonyl (C=O) groups is 1. The van der Waals surface area contributed by atoms with Crippen molar-refractivity contribution in [1.29, 1.82) is 0 Å². The zero-order chi connectivity index (χ0) is 13.1. The van der Waals surface area contributed by atoms with Gasteiger partial charge in [0.15, 0.2) is 0 Å². The second-order valence-electron chi connectivity index (χ2n) is 3.74. The molecule has 1 heterocycles. The van der Waals surface area contributed by atoms with Crippen molar-refractivity contribution in [3.05, 3.63) is 63.5 Å². The van der Waals surface area contributed by atoms with E-state index in [9.17, 15) is 9.59 Å². The highest BCUT2D eigenvalue weighted by atomic mass is 35.5. The van der Waals surface area contributed by atoms with Crippen molar-refractivity contribution >= 4 is 23.2 Å². The van der Waals surface area contributed by atoms with Gasteiger partial charge in [0.05, 0.1) is 10.7 Å². The number of anilines is 1. The van der Waals surface area contributed by atoms with E-state index >= 15 is 0 Å². The van der Waals surface area contributed by atoms with Crippen molar-refractivity contribution in [2.24, 2.45) is 0 Å². The van der Waals surface area contributed by atoms with E-state index in [2.05, 4.69) is 4.98 Å². The van der Waals surface area contributed by atoms with Crippen LogP contribution in [-0.2, 0) is 0 Å². The van der Waals surface area contributed by atoms with Gasteiger partial charge in [-0.2, -0.15) is 0 Å². The lowest BCUT2D eigenvalue weighted by Gasteiger charge is -2.18. The van der Waals surface area contributed by atoms with E-state index in [0.717, 1.165) is 0 Å². The molecule has 92 valence electrons. The number of hydrogen-bond acceptors (Lipinski definition) is 2. The highest BCUT2D eigenvalue weighted by Gasteiger charge is 2.15. The maximum atomic E-state index is 12.1. The van der Waals surface area contributed by atoms with E-state index in [1.807, 2.05) is 0 Å². The van der Waals surface area contributed by atoms with Gasteiger partial charge in [0, 0.05) is 13.1 Å². The Labute approximate surface area is 109 Å². The highest BCUT2D eigenvalue weighted by Crippen LogP contribution is 2.24. The number of aromatic amines is 1. The first-order valence-corrected chi connectivity index (χ1v) is 5.69. The van der Waals surface area contributed by atoms with Gasteiger partial charge in [-0.25, -0.2) is 0 Å². The van der Waals surface area contributed by atoms with E-state index in [-0.39, 0.29) is 17.2 Å². The molecule has 0 spiro atoms. The third-order valence-corrected chi connectivity index (χ3v) is 2.84. The Morgan fingerprint density at radius 3 is 2.56 bits per heavy atom. The lowest BCUT2D eigenvalue weighted by Crippen LogP contribution is -2.28. The Balaban J connectivity index is 2.35. The summed E-state index contributed by atoms with van der Waals surface area (Å²) in [5.74, 6) is -0.319. The molecule has 0 aliphatic rings. The quantitative estimate of drug-likeness (QED) is 0.903. The predicted octanol–water partition coefficient (Wildman–Crippen LogP) is 2.30. The number of benzene rings is 1. The number of pyridine rings is 1. The van der Waals surface area contributed by atoms with E-state index < -0.39 is 0 Å². The number of hydrogen-bond donors (Lipinski definition) is 1. The fraction of sp³-hybridized carbons (Fsp3) is 0.0769. The fourth-order valence-electron chi connectivity index (χ4n) is 1.59. The van der Waals surface area contributed by atoms with Crippen LogP contribution in [0.2, 0.25) is 5.02 Å². The number of halogens is 1. The van der Waals surface area contributed by atoms with Gasteiger partial charge in [0.2, 0.25) is 5.56 Å². The lowest BCUT2D eigenvalue weighted by molar-refractivity contribution is 0.0988. The van der Waals surface area contributed by atoms with E-state index in [0.29, 0.717) is 10.7 Å². The Hall–Kier alpha value is -2.07. The largest absolute Gasteiger partial charge is 0.318 e. The van der Waals surface area contributed by atoms with Crippen LogP contribution in [0.5, 0.6) is 0 Å². The van der Waals surface area contributed by atoms with E-state index in [1.54, 1.807) is 37.4 Å². The molecule has 0 aliphatic heterocycles. The number of amides is 1. The molecule has 1 amide bonds. The first-order valence-electron chi connectivity index (χ1n) is 5.31. The summed E-state index contributed by atoms with van der Waals surface area (Å²) in [5, 5.41) is 0.478. The summed E-state index contributed by atoms with van der Waals surface area (Å²) in [5.41, 5.74) is 0.507. The van der Waals surface area contributed by atoms with Gasteiger partial charge in [-0.3, -0.25) is 9.59 Å². The number of nitrogens with zero attached hydrogens (tertiary/aromatic N) is 1. The van der Waals surface area contributed by atoms with Crippen LogP contribution in [0.3, 0.4) is 0 Å². The average Bonchev–Trinajstić information content (AvgIpc) is 2.37. The number of aromatic nitrogens is 1. The van der Waals surface area contributed by atoms with Gasteiger partial charge in [-0.1, -0.05) is 29.8 Å². The Bertz CT molecular complexity index is 637. The molecular weight excluding hydrogens is 252 g/mol. The minimum atomic E-state index is -0.319. The van der Waals surface area contributed by atoms with Crippen molar-refractivity contribution in [3.8, 4) is 0 Å². The lowest BCUT2D eigenvalue weighted by atomic mass is 10.2. The van der Waals surface area contributed by atoms with Crippen LogP contribution in [0.1, 0.15) is 10.5 Å². The highest BCUT2D eigenvalue weighted by molar-refractivity contribution is 6.34. The Kier molecular flexibility index (Phi) is 3.48. The third-order valence-electron chi connectivity index (χ3n) is 2.52. The monoisotopic (exact) mass is 262 g/mol. The van der Waals surface area contributed by atoms with Crippen LogP contribution in [0.4, 0.5) is 5.69 Å². The minimum absolute atomic E-state index is 0.227. The van der Waals surface area contributed by atoms with Crippen molar-refractivity contribution < 1.29 is 4.79 Å². The van der Waals surface area contributed by atoms with Crippen LogP contribution in [0.15, 0.2) is 47.3 Å². The second-order valence-corrected chi connectivity index (χ2v) is 4.15. The first kappa shape index (κ1) is 12.4. The Morgan fingerprint density at radius 2 is 1.89 bits per heavy atom. The molecule has 5 heteroatoms.